The third-order valence-corrected chi connectivity index (χ3v) is 4.38. The molecule has 0 bridgehead atoms. The van der Waals surface area contributed by atoms with E-state index in [0.717, 1.165) is 24.6 Å². The minimum absolute atomic E-state index is 0.0149. The van der Waals surface area contributed by atoms with Crippen molar-refractivity contribution in [2.75, 3.05) is 32.8 Å². The molecule has 0 unspecified atom stereocenters. The number of nitrogens with one attached hydrogen (secondary N) is 1. The van der Waals surface area contributed by atoms with Crippen LogP contribution >= 0.6 is 0 Å². The molecule has 2 aromatic heterocycles. The molecule has 11 heteroatoms. The number of tetrazole rings is 1. The van der Waals surface area contributed by atoms with Gasteiger partial charge in [-0.2, -0.15) is 5.10 Å². The zero-order chi connectivity index (χ0) is 18.5. The highest BCUT2D eigenvalue weighted by Gasteiger charge is 2.21. The summed E-state index contributed by atoms with van der Waals surface area (Å²) in [7, 11) is 0. The Balaban J connectivity index is 1.23. The molecule has 4 rings (SSSR count). The van der Waals surface area contributed by atoms with Gasteiger partial charge in [0, 0.05) is 26.2 Å². The Hall–Kier alpha value is -3.34. The fourth-order valence-corrected chi connectivity index (χ4v) is 2.89. The fourth-order valence-electron chi connectivity index (χ4n) is 2.89. The van der Waals surface area contributed by atoms with E-state index < -0.39 is 0 Å². The number of rotatable bonds is 6. The number of piperazine rings is 1. The van der Waals surface area contributed by atoms with Gasteiger partial charge in [-0.25, -0.2) is 9.67 Å². The summed E-state index contributed by atoms with van der Waals surface area (Å²) >= 11 is 0. The average molecular weight is 369 g/mol. The molecule has 1 aromatic carbocycles. The highest BCUT2D eigenvalue weighted by Crippen LogP contribution is 2.14. The zero-order valence-corrected chi connectivity index (χ0v) is 14.6. The number of hydrogen-bond acceptors (Lipinski definition) is 8. The van der Waals surface area contributed by atoms with Crippen molar-refractivity contribution < 1.29 is 9.53 Å². The molecule has 0 saturated carbocycles. The first-order chi connectivity index (χ1) is 13.3. The Morgan fingerprint density at radius 1 is 1.15 bits per heavy atom. The number of benzene rings is 1. The van der Waals surface area contributed by atoms with Crippen molar-refractivity contribution in [3.05, 3.63) is 42.7 Å². The second kappa shape index (κ2) is 7.91. The van der Waals surface area contributed by atoms with Crippen molar-refractivity contribution in [1.29, 1.82) is 0 Å². The van der Waals surface area contributed by atoms with Crippen LogP contribution in [0.25, 0.3) is 5.69 Å². The summed E-state index contributed by atoms with van der Waals surface area (Å²) in [5, 5.41) is 17.7. The molecule has 0 atom stereocenters. The number of H-pyrrole nitrogens is 1. The van der Waals surface area contributed by atoms with Gasteiger partial charge in [-0.1, -0.05) is 0 Å². The van der Waals surface area contributed by atoms with Crippen molar-refractivity contribution in [1.82, 2.24) is 45.2 Å². The molecule has 3 heterocycles. The van der Waals surface area contributed by atoms with Gasteiger partial charge in [-0.3, -0.25) is 14.8 Å². The quantitative estimate of drug-likeness (QED) is 0.618. The summed E-state index contributed by atoms with van der Waals surface area (Å²) in [5.74, 6) is 1.45. The highest BCUT2D eigenvalue weighted by atomic mass is 16.5. The van der Waals surface area contributed by atoms with E-state index in [-0.39, 0.29) is 12.5 Å². The second-order valence-electron chi connectivity index (χ2n) is 6.13. The van der Waals surface area contributed by atoms with E-state index in [1.165, 1.54) is 12.7 Å². The number of nitrogens with zero attached hydrogens (tertiary/aromatic N) is 8. The molecule has 0 radical (unpaired) electrons. The molecule has 1 saturated heterocycles. The number of aromatic nitrogens is 7. The molecule has 27 heavy (non-hydrogen) atoms. The van der Waals surface area contributed by atoms with Crippen LogP contribution in [0.2, 0.25) is 0 Å². The van der Waals surface area contributed by atoms with Crippen LogP contribution in [0.4, 0.5) is 0 Å². The topological polar surface area (TPSA) is 118 Å². The highest BCUT2D eigenvalue weighted by molar-refractivity contribution is 5.77. The Morgan fingerprint density at radius 2 is 1.96 bits per heavy atom. The molecule has 1 amide bonds. The lowest BCUT2D eigenvalue weighted by atomic mass is 10.3. The van der Waals surface area contributed by atoms with Crippen molar-refractivity contribution in [2.45, 2.75) is 6.54 Å². The summed E-state index contributed by atoms with van der Waals surface area (Å²) in [6.07, 6.45) is 3.02. The summed E-state index contributed by atoms with van der Waals surface area (Å²) in [4.78, 5) is 20.6. The van der Waals surface area contributed by atoms with Crippen molar-refractivity contribution in [2.24, 2.45) is 0 Å². The smallest absolute Gasteiger partial charge is 0.260 e. The van der Waals surface area contributed by atoms with Crippen LogP contribution in [0.15, 0.2) is 36.9 Å². The molecule has 1 fully saturated rings. The van der Waals surface area contributed by atoms with Crippen LogP contribution in [0.5, 0.6) is 5.75 Å². The Bertz CT molecular complexity index is 841. The third-order valence-electron chi connectivity index (χ3n) is 4.38. The third kappa shape index (κ3) is 4.26. The monoisotopic (exact) mass is 369 g/mol. The summed E-state index contributed by atoms with van der Waals surface area (Å²) < 4.78 is 7.17. The lowest BCUT2D eigenvalue weighted by Gasteiger charge is -2.34. The Morgan fingerprint density at radius 3 is 2.63 bits per heavy atom. The average Bonchev–Trinajstić information content (AvgIpc) is 3.41. The molecule has 0 aliphatic carbocycles. The predicted octanol–water partition coefficient (Wildman–Crippen LogP) is -0.496. The summed E-state index contributed by atoms with van der Waals surface area (Å²) in [5.41, 5.74) is 0.821. The molecule has 11 nitrogen and oxygen atoms in total. The molecule has 140 valence electrons. The lowest BCUT2D eigenvalue weighted by Crippen LogP contribution is -2.49. The van der Waals surface area contributed by atoms with E-state index in [9.17, 15) is 4.79 Å². The van der Waals surface area contributed by atoms with Crippen LogP contribution < -0.4 is 4.74 Å². The van der Waals surface area contributed by atoms with Gasteiger partial charge >= 0.3 is 0 Å². The van der Waals surface area contributed by atoms with Gasteiger partial charge in [0.15, 0.2) is 6.61 Å². The number of amides is 1. The van der Waals surface area contributed by atoms with Gasteiger partial charge in [-0.15, -0.1) is 5.10 Å². The van der Waals surface area contributed by atoms with Gasteiger partial charge in [0.25, 0.3) is 5.91 Å². The van der Waals surface area contributed by atoms with Crippen molar-refractivity contribution in [3.63, 3.8) is 0 Å². The molecule has 1 aliphatic rings. The van der Waals surface area contributed by atoms with Crippen LogP contribution in [-0.4, -0.2) is 83.9 Å². The minimum Gasteiger partial charge on any atom is -0.484 e. The predicted molar refractivity (Wildman–Crippen MR) is 92.9 cm³/mol. The van der Waals surface area contributed by atoms with Crippen LogP contribution in [0.3, 0.4) is 0 Å². The maximum atomic E-state index is 12.4. The summed E-state index contributed by atoms with van der Waals surface area (Å²) in [6.45, 7) is 3.68. The first kappa shape index (κ1) is 17.1. The van der Waals surface area contributed by atoms with Crippen LogP contribution in [0, 0.1) is 0 Å². The van der Waals surface area contributed by atoms with E-state index >= 15 is 0 Å². The number of carbonyl (C=O) groups is 1. The zero-order valence-electron chi connectivity index (χ0n) is 14.6. The van der Waals surface area contributed by atoms with Gasteiger partial charge in [-0.05, 0) is 34.7 Å². The molecule has 1 aliphatic heterocycles. The first-order valence-corrected chi connectivity index (χ1v) is 8.58. The van der Waals surface area contributed by atoms with Gasteiger partial charge in [0.1, 0.15) is 24.2 Å². The Kier molecular flexibility index (Phi) is 5.01. The number of carbonyl (C=O) groups excluding carboxylic acids is 1. The van der Waals surface area contributed by atoms with Crippen molar-refractivity contribution >= 4 is 5.91 Å². The van der Waals surface area contributed by atoms with E-state index in [4.69, 9.17) is 4.74 Å². The van der Waals surface area contributed by atoms with Crippen LogP contribution in [0.1, 0.15) is 5.82 Å². The van der Waals surface area contributed by atoms with E-state index in [1.54, 1.807) is 16.8 Å². The van der Waals surface area contributed by atoms with E-state index in [1.807, 2.05) is 17.0 Å². The normalized spacial score (nSPS) is 15.0. The standard InChI is InChI=1S/C16H19N9O2/c26-16(24-7-5-23(6-8-24)9-15-17-11-18-20-15)10-27-14-3-1-13(2-4-14)25-12-19-21-22-25/h1-4,11-12H,5-10H2,(H,17,18,20). The minimum atomic E-state index is -0.0149. The number of ether oxygens (including phenoxy) is 1. The first-order valence-electron chi connectivity index (χ1n) is 8.58. The fraction of sp³-hybridized carbons (Fsp3) is 0.375. The van der Waals surface area contributed by atoms with Crippen molar-refractivity contribution in [3.8, 4) is 11.4 Å². The molecule has 0 spiro atoms. The molecular weight excluding hydrogens is 350 g/mol. The van der Waals surface area contributed by atoms with E-state index in [0.29, 0.717) is 25.4 Å². The maximum Gasteiger partial charge on any atom is 0.260 e. The largest absolute Gasteiger partial charge is 0.484 e. The SMILES string of the molecule is O=C(COc1ccc(-n2cnnn2)cc1)N1CCN(Cc2ncn[nH]2)CC1. The van der Waals surface area contributed by atoms with Gasteiger partial charge in [0.2, 0.25) is 0 Å². The summed E-state index contributed by atoms with van der Waals surface area (Å²) in [6, 6.07) is 7.25. The van der Waals surface area contributed by atoms with Gasteiger partial charge in [0.05, 0.1) is 12.2 Å². The van der Waals surface area contributed by atoms with Gasteiger partial charge < -0.3 is 9.64 Å². The maximum absolute atomic E-state index is 12.4. The lowest BCUT2D eigenvalue weighted by molar-refractivity contribution is -0.135. The van der Waals surface area contributed by atoms with E-state index in [2.05, 4.69) is 35.6 Å². The second-order valence-corrected chi connectivity index (χ2v) is 6.13. The van der Waals surface area contributed by atoms with Crippen LogP contribution in [-0.2, 0) is 11.3 Å². The Labute approximate surface area is 154 Å². The number of aromatic amines is 1. The molecule has 3 aromatic rings. The number of hydrogen-bond donors (Lipinski definition) is 1. The molecule has 1 N–H and O–H groups in total. The molecular formula is C16H19N9O2.